The van der Waals surface area contributed by atoms with Gasteiger partial charge in [0.15, 0.2) is 10.1 Å². The molecule has 2 aromatic carbocycles. The third kappa shape index (κ3) is 4.17. The van der Waals surface area contributed by atoms with Crippen molar-refractivity contribution in [2.24, 2.45) is 0 Å². The summed E-state index contributed by atoms with van der Waals surface area (Å²) in [6, 6.07) is 11.7. The lowest BCUT2D eigenvalue weighted by molar-refractivity contribution is 0.0998. The Bertz CT molecular complexity index is 1220. The van der Waals surface area contributed by atoms with Gasteiger partial charge in [-0.05, 0) is 55.7 Å². The van der Waals surface area contributed by atoms with Gasteiger partial charge in [0.25, 0.3) is 5.91 Å². The van der Waals surface area contributed by atoms with Gasteiger partial charge in [-0.3, -0.25) is 10.1 Å². The van der Waals surface area contributed by atoms with Crippen molar-refractivity contribution in [3.8, 4) is 0 Å². The first-order valence-corrected chi connectivity index (χ1v) is 11.1. The topological polar surface area (TPSA) is 68.0 Å². The van der Waals surface area contributed by atoms with Crippen molar-refractivity contribution >= 4 is 56.7 Å². The van der Waals surface area contributed by atoms with E-state index < -0.39 is 0 Å². The van der Waals surface area contributed by atoms with Crippen molar-refractivity contribution in [2.45, 2.75) is 30.9 Å². The van der Waals surface area contributed by atoms with Gasteiger partial charge in [0.05, 0.1) is 0 Å². The van der Waals surface area contributed by atoms with Crippen LogP contribution in [-0.4, -0.2) is 16.1 Å². The third-order valence-corrected chi connectivity index (χ3v) is 7.08. The van der Waals surface area contributed by atoms with Gasteiger partial charge < -0.3 is 4.42 Å². The number of furan rings is 1. The lowest BCUT2D eigenvalue weighted by Crippen LogP contribution is -2.11. The maximum atomic E-state index is 12.7. The molecule has 148 valence electrons. The van der Waals surface area contributed by atoms with Crippen LogP contribution in [-0.2, 0) is 5.75 Å². The smallest absolute Gasteiger partial charge is 0.293 e. The molecule has 0 atom stereocenters. The van der Waals surface area contributed by atoms with Gasteiger partial charge in [0.2, 0.25) is 5.13 Å². The number of carbonyl (C=O) groups excluding carboxylic acids is 1. The predicted octanol–water partition coefficient (Wildman–Crippen LogP) is 6.41. The first kappa shape index (κ1) is 19.9. The number of halogens is 1. The Hall–Kier alpha value is -2.35. The molecule has 0 aliphatic carbocycles. The molecule has 0 bridgehead atoms. The molecule has 2 aromatic heterocycles. The summed E-state index contributed by atoms with van der Waals surface area (Å²) >= 11 is 9.04. The molecule has 0 saturated heterocycles. The number of nitrogens with one attached hydrogen (secondary N) is 1. The highest BCUT2D eigenvalue weighted by atomic mass is 35.5. The second-order valence-corrected chi connectivity index (χ2v) is 9.30. The number of fused-ring (bicyclic) bond motifs is 1. The van der Waals surface area contributed by atoms with Crippen LogP contribution in [0.5, 0.6) is 0 Å². The molecule has 0 spiro atoms. The molecule has 0 saturated carbocycles. The normalized spacial score (nSPS) is 11.2. The number of anilines is 1. The SMILES string of the molecule is Cc1cc2oc(C(=O)Nc3nnc(SCc4ccccc4Cl)s3)c(C)c2cc1C. The number of hydrogen-bond donors (Lipinski definition) is 1. The maximum absolute atomic E-state index is 12.7. The minimum absolute atomic E-state index is 0.297. The van der Waals surface area contributed by atoms with Crippen LogP contribution in [0.1, 0.15) is 32.8 Å². The molecule has 4 aromatic rings. The number of nitrogens with zero attached hydrogens (tertiary/aromatic N) is 2. The van der Waals surface area contributed by atoms with Crippen LogP contribution >= 0.6 is 34.7 Å². The monoisotopic (exact) mass is 443 g/mol. The maximum Gasteiger partial charge on any atom is 0.293 e. The van der Waals surface area contributed by atoms with Gasteiger partial charge in [-0.1, -0.05) is 52.9 Å². The molecule has 29 heavy (non-hydrogen) atoms. The van der Waals surface area contributed by atoms with Crippen LogP contribution in [0.4, 0.5) is 5.13 Å². The number of amides is 1. The quantitative estimate of drug-likeness (QED) is 0.285. The van der Waals surface area contributed by atoms with Crippen LogP contribution in [0.2, 0.25) is 5.02 Å². The first-order valence-electron chi connectivity index (χ1n) is 8.94. The van der Waals surface area contributed by atoms with Gasteiger partial charge in [-0.15, -0.1) is 10.2 Å². The molecule has 4 rings (SSSR count). The number of thioether (sulfide) groups is 1. The molecule has 0 fully saturated rings. The lowest BCUT2D eigenvalue weighted by atomic mass is 10.1. The van der Waals surface area contributed by atoms with Gasteiger partial charge in [0, 0.05) is 21.7 Å². The number of aromatic nitrogens is 2. The Labute approximate surface area is 181 Å². The zero-order valence-corrected chi connectivity index (χ0v) is 18.5. The highest BCUT2D eigenvalue weighted by molar-refractivity contribution is 8.00. The Morgan fingerprint density at radius 3 is 2.72 bits per heavy atom. The molecule has 5 nitrogen and oxygen atoms in total. The van der Waals surface area contributed by atoms with E-state index in [4.69, 9.17) is 16.0 Å². The van der Waals surface area contributed by atoms with E-state index in [2.05, 4.69) is 21.6 Å². The van der Waals surface area contributed by atoms with Crippen molar-refractivity contribution in [3.05, 3.63) is 69.4 Å². The van der Waals surface area contributed by atoms with Crippen molar-refractivity contribution < 1.29 is 9.21 Å². The van der Waals surface area contributed by atoms with Crippen LogP contribution in [0.15, 0.2) is 45.2 Å². The van der Waals surface area contributed by atoms with Crippen molar-refractivity contribution in [3.63, 3.8) is 0 Å². The summed E-state index contributed by atoms with van der Waals surface area (Å²) in [5.74, 6) is 0.655. The summed E-state index contributed by atoms with van der Waals surface area (Å²) in [5, 5.41) is 13.1. The average molecular weight is 444 g/mol. The molecular formula is C21H18ClN3O2S2. The van der Waals surface area contributed by atoms with E-state index in [1.165, 1.54) is 23.1 Å². The molecule has 0 aliphatic heterocycles. The van der Waals surface area contributed by atoms with Gasteiger partial charge in [-0.25, -0.2) is 0 Å². The second-order valence-electron chi connectivity index (χ2n) is 6.70. The molecule has 0 aliphatic rings. The largest absolute Gasteiger partial charge is 0.451 e. The number of rotatable bonds is 5. The standard InChI is InChI=1S/C21H18ClN3O2S2/c1-11-8-15-13(3)18(27-17(15)9-12(11)2)19(26)23-20-24-25-21(29-20)28-10-14-6-4-5-7-16(14)22/h4-9H,10H2,1-3H3,(H,23,24,26). The second kappa shape index (κ2) is 8.18. The predicted molar refractivity (Wildman–Crippen MR) is 119 cm³/mol. The van der Waals surface area contributed by atoms with Gasteiger partial charge in [0.1, 0.15) is 5.58 Å². The fourth-order valence-electron chi connectivity index (χ4n) is 2.92. The van der Waals surface area contributed by atoms with E-state index in [0.717, 1.165) is 37.0 Å². The fourth-order valence-corrected chi connectivity index (χ4v) is 4.95. The molecule has 0 unspecified atom stereocenters. The average Bonchev–Trinajstić information content (AvgIpc) is 3.26. The summed E-state index contributed by atoms with van der Waals surface area (Å²) in [6.07, 6.45) is 0. The number of aryl methyl sites for hydroxylation is 3. The van der Waals surface area contributed by atoms with Crippen molar-refractivity contribution in [1.29, 1.82) is 0 Å². The van der Waals surface area contributed by atoms with E-state index in [1.807, 2.05) is 51.1 Å². The molecule has 2 heterocycles. The summed E-state index contributed by atoms with van der Waals surface area (Å²) in [4.78, 5) is 12.7. The van der Waals surface area contributed by atoms with Gasteiger partial charge in [-0.2, -0.15) is 0 Å². The summed E-state index contributed by atoms with van der Waals surface area (Å²) in [7, 11) is 0. The molecule has 1 N–H and O–H groups in total. The van der Waals surface area contributed by atoms with Crippen LogP contribution < -0.4 is 5.32 Å². The number of benzene rings is 2. The molecule has 0 radical (unpaired) electrons. The number of carbonyl (C=O) groups is 1. The van der Waals surface area contributed by atoms with Crippen LogP contribution in [0.3, 0.4) is 0 Å². The minimum atomic E-state index is -0.326. The third-order valence-electron chi connectivity index (χ3n) is 4.69. The first-order chi connectivity index (χ1) is 13.9. The zero-order chi connectivity index (χ0) is 20.5. The Morgan fingerprint density at radius 1 is 1.17 bits per heavy atom. The van der Waals surface area contributed by atoms with E-state index >= 15 is 0 Å². The molecule has 8 heteroatoms. The highest BCUT2D eigenvalue weighted by Crippen LogP contribution is 2.32. The Morgan fingerprint density at radius 2 is 1.93 bits per heavy atom. The molecular weight excluding hydrogens is 426 g/mol. The van der Waals surface area contributed by atoms with Gasteiger partial charge >= 0.3 is 0 Å². The van der Waals surface area contributed by atoms with E-state index in [-0.39, 0.29) is 5.91 Å². The Kier molecular flexibility index (Phi) is 5.63. The zero-order valence-electron chi connectivity index (χ0n) is 16.1. The number of hydrogen-bond acceptors (Lipinski definition) is 6. The lowest BCUT2D eigenvalue weighted by Gasteiger charge is -2.00. The summed E-state index contributed by atoms with van der Waals surface area (Å²) < 4.78 is 6.58. The van der Waals surface area contributed by atoms with E-state index in [9.17, 15) is 4.79 Å². The fraction of sp³-hybridized carbons (Fsp3) is 0.190. The minimum Gasteiger partial charge on any atom is -0.451 e. The van der Waals surface area contributed by atoms with Crippen LogP contribution in [0, 0.1) is 20.8 Å². The summed E-state index contributed by atoms with van der Waals surface area (Å²) in [5.41, 5.74) is 4.85. The Balaban J connectivity index is 1.47. The van der Waals surface area contributed by atoms with Crippen LogP contribution in [0.25, 0.3) is 11.0 Å². The molecule has 1 amide bonds. The van der Waals surface area contributed by atoms with Crippen molar-refractivity contribution in [2.75, 3.05) is 5.32 Å². The highest BCUT2D eigenvalue weighted by Gasteiger charge is 2.20. The van der Waals surface area contributed by atoms with E-state index in [1.54, 1.807) is 0 Å². The summed E-state index contributed by atoms with van der Waals surface area (Å²) in [6.45, 7) is 5.96. The van der Waals surface area contributed by atoms with E-state index in [0.29, 0.717) is 22.2 Å². The van der Waals surface area contributed by atoms with Crippen molar-refractivity contribution in [1.82, 2.24) is 10.2 Å².